The van der Waals surface area contributed by atoms with Gasteiger partial charge in [-0.15, -0.1) is 0 Å². The Morgan fingerprint density at radius 3 is 2.76 bits per heavy atom. The number of fused-ring (bicyclic) bond motifs is 1. The molecule has 2 aliphatic rings. The van der Waals surface area contributed by atoms with Crippen molar-refractivity contribution in [2.75, 3.05) is 13.7 Å². The van der Waals surface area contributed by atoms with Crippen LogP contribution in [0, 0.1) is 5.82 Å². The van der Waals surface area contributed by atoms with Crippen molar-refractivity contribution in [2.24, 2.45) is 0 Å². The van der Waals surface area contributed by atoms with E-state index >= 15 is 0 Å². The molecule has 0 saturated carbocycles. The van der Waals surface area contributed by atoms with Crippen molar-refractivity contribution >= 4 is 23.1 Å². The number of hydrogen-bond acceptors (Lipinski definition) is 7. The van der Waals surface area contributed by atoms with Crippen LogP contribution in [-0.4, -0.2) is 60.5 Å². The Morgan fingerprint density at radius 1 is 1.30 bits per heavy atom. The highest BCUT2D eigenvalue weighted by atomic mass is 19.1. The van der Waals surface area contributed by atoms with Gasteiger partial charge in [-0.1, -0.05) is 12.2 Å². The molecule has 8 nitrogen and oxygen atoms in total. The fraction of sp³-hybridized carbons (Fsp3) is 0.571. The van der Waals surface area contributed by atoms with E-state index in [1.807, 2.05) is 40.7 Å². The van der Waals surface area contributed by atoms with E-state index in [0.29, 0.717) is 48.1 Å². The maximum Gasteiger partial charge on any atom is 0.407 e. The number of carbonyl (C=O) groups excluding carboxylic acids is 1. The first kappa shape index (κ1) is 27.3. The lowest BCUT2D eigenvalue weighted by atomic mass is 9.94. The van der Waals surface area contributed by atoms with E-state index in [2.05, 4.69) is 10.3 Å². The number of benzene rings is 1. The summed E-state index contributed by atoms with van der Waals surface area (Å²) in [6.45, 7) is 9.67. The van der Waals surface area contributed by atoms with Crippen LogP contribution in [0.2, 0.25) is 0 Å². The van der Waals surface area contributed by atoms with Crippen LogP contribution in [0.25, 0.3) is 17.0 Å². The average molecular weight is 517 g/mol. The summed E-state index contributed by atoms with van der Waals surface area (Å²) < 4.78 is 43.7. The Hall–Kier alpha value is -2.75. The van der Waals surface area contributed by atoms with Crippen molar-refractivity contribution in [3.8, 4) is 5.75 Å². The van der Waals surface area contributed by atoms with E-state index in [4.69, 9.17) is 23.7 Å². The fourth-order valence-corrected chi connectivity index (χ4v) is 4.71. The second-order valence-corrected chi connectivity index (χ2v) is 11.0. The number of rotatable bonds is 6. The zero-order valence-corrected chi connectivity index (χ0v) is 22.4. The molecule has 1 aromatic heterocycles. The Bertz CT molecular complexity index is 1150. The number of hydrogen-bond donors (Lipinski definition) is 1. The van der Waals surface area contributed by atoms with Gasteiger partial charge < -0.3 is 29.0 Å². The van der Waals surface area contributed by atoms with Crippen LogP contribution < -0.4 is 10.1 Å². The molecule has 202 valence electrons. The fourth-order valence-electron chi connectivity index (χ4n) is 4.71. The highest BCUT2D eigenvalue weighted by Gasteiger charge is 2.39. The first-order chi connectivity index (χ1) is 17.4. The SMILES string of the molecule is COc1ccc2ncc(F)c(/C=C/[C@@H]3CC[C@@H](NC(=O)OC(C)(C)C)[C@@H](CC4COC(C)(C)O4)O3)c2c1. The highest BCUT2D eigenvalue weighted by molar-refractivity contribution is 5.89. The second-order valence-electron chi connectivity index (χ2n) is 11.0. The zero-order valence-electron chi connectivity index (χ0n) is 22.4. The Kier molecular flexibility index (Phi) is 8.06. The average Bonchev–Trinajstić information content (AvgIpc) is 3.16. The maximum absolute atomic E-state index is 14.8. The number of aromatic nitrogens is 1. The molecule has 9 heteroatoms. The lowest BCUT2D eigenvalue weighted by Gasteiger charge is -2.37. The van der Waals surface area contributed by atoms with Crippen LogP contribution in [-0.2, 0) is 18.9 Å². The molecule has 0 bridgehead atoms. The summed E-state index contributed by atoms with van der Waals surface area (Å²) in [5, 5.41) is 3.63. The molecule has 4 atom stereocenters. The highest BCUT2D eigenvalue weighted by Crippen LogP contribution is 2.31. The Morgan fingerprint density at radius 2 is 2.08 bits per heavy atom. The van der Waals surface area contributed by atoms with Crippen molar-refractivity contribution in [3.63, 3.8) is 0 Å². The van der Waals surface area contributed by atoms with E-state index in [0.717, 1.165) is 0 Å². The third-order valence-electron chi connectivity index (χ3n) is 6.37. The standard InChI is InChI=1S/C28H37FN2O6/c1-27(2,3)37-26(32)31-24-12-8-17(35-25(24)14-19-16-34-28(4,5)36-19)7-10-20-21-13-18(33-6)9-11-23(21)30-15-22(20)29/h7,9-11,13,15,17,19,24-25H,8,12,14,16H2,1-6H3,(H,31,32)/b10-7+/t17-,19?,24-,25-/m1/s1. The van der Waals surface area contributed by atoms with Crippen LogP contribution in [0.15, 0.2) is 30.5 Å². The van der Waals surface area contributed by atoms with Gasteiger partial charge in [-0.3, -0.25) is 4.98 Å². The molecule has 1 unspecified atom stereocenters. The summed E-state index contributed by atoms with van der Waals surface area (Å²) in [5.74, 6) is -0.456. The molecule has 1 aromatic carbocycles. The minimum atomic E-state index is -0.659. The van der Waals surface area contributed by atoms with Crippen molar-refractivity contribution < 1.29 is 32.9 Å². The summed E-state index contributed by atoms with van der Waals surface area (Å²) >= 11 is 0. The summed E-state index contributed by atoms with van der Waals surface area (Å²) in [4.78, 5) is 16.7. The first-order valence-electron chi connectivity index (χ1n) is 12.7. The van der Waals surface area contributed by atoms with Gasteiger partial charge in [-0.2, -0.15) is 0 Å². The van der Waals surface area contributed by atoms with Gasteiger partial charge in [0.1, 0.15) is 17.2 Å². The Labute approximate surface area is 217 Å². The summed E-state index contributed by atoms with van der Waals surface area (Å²) in [7, 11) is 1.57. The number of alkyl carbamates (subject to hydrolysis) is 1. The van der Waals surface area contributed by atoms with Crippen LogP contribution in [0.5, 0.6) is 5.75 Å². The van der Waals surface area contributed by atoms with E-state index in [1.54, 1.807) is 31.4 Å². The number of carbonyl (C=O) groups is 1. The van der Waals surface area contributed by atoms with Gasteiger partial charge in [0.2, 0.25) is 0 Å². The minimum absolute atomic E-state index is 0.167. The van der Waals surface area contributed by atoms with Gasteiger partial charge in [0.25, 0.3) is 0 Å². The second kappa shape index (κ2) is 10.9. The van der Waals surface area contributed by atoms with Crippen LogP contribution in [0.3, 0.4) is 0 Å². The smallest absolute Gasteiger partial charge is 0.407 e. The molecule has 4 rings (SSSR count). The third kappa shape index (κ3) is 7.18. The summed E-state index contributed by atoms with van der Waals surface area (Å²) in [6.07, 6.45) is 5.42. The molecule has 3 heterocycles. The number of nitrogens with zero attached hydrogens (tertiary/aromatic N) is 1. The van der Waals surface area contributed by atoms with Crippen molar-refractivity contribution in [1.82, 2.24) is 10.3 Å². The Balaban J connectivity index is 1.51. The minimum Gasteiger partial charge on any atom is -0.497 e. The van der Waals surface area contributed by atoms with Gasteiger partial charge in [0, 0.05) is 17.4 Å². The van der Waals surface area contributed by atoms with Crippen LogP contribution in [0.4, 0.5) is 9.18 Å². The van der Waals surface area contributed by atoms with Crippen molar-refractivity contribution in [1.29, 1.82) is 0 Å². The molecule has 1 amide bonds. The first-order valence-corrected chi connectivity index (χ1v) is 12.7. The quantitative estimate of drug-likeness (QED) is 0.552. The van der Waals surface area contributed by atoms with E-state index in [-0.39, 0.29) is 24.4 Å². The van der Waals surface area contributed by atoms with E-state index in [9.17, 15) is 9.18 Å². The van der Waals surface area contributed by atoms with Crippen LogP contribution in [0.1, 0.15) is 59.4 Å². The molecule has 2 aromatic rings. The molecule has 0 aliphatic carbocycles. The molecule has 2 saturated heterocycles. The van der Waals surface area contributed by atoms with Crippen molar-refractivity contribution in [3.05, 3.63) is 41.9 Å². The predicted octanol–water partition coefficient (Wildman–Crippen LogP) is 5.38. The van der Waals surface area contributed by atoms with Gasteiger partial charge in [0.05, 0.1) is 49.8 Å². The largest absolute Gasteiger partial charge is 0.497 e. The van der Waals surface area contributed by atoms with Gasteiger partial charge in [0.15, 0.2) is 5.79 Å². The maximum atomic E-state index is 14.8. The van der Waals surface area contributed by atoms with Crippen molar-refractivity contribution in [2.45, 2.75) is 89.6 Å². The molecular weight excluding hydrogens is 479 g/mol. The summed E-state index contributed by atoms with van der Waals surface area (Å²) in [5.41, 5.74) is 0.492. The van der Waals surface area contributed by atoms with Crippen LogP contribution >= 0.6 is 0 Å². The molecule has 2 fully saturated rings. The van der Waals surface area contributed by atoms with Gasteiger partial charge in [-0.25, -0.2) is 9.18 Å². The molecular formula is C28H37FN2O6. The van der Waals surface area contributed by atoms with E-state index in [1.165, 1.54) is 6.20 Å². The number of nitrogens with one attached hydrogen (secondary N) is 1. The predicted molar refractivity (Wildman–Crippen MR) is 138 cm³/mol. The summed E-state index contributed by atoms with van der Waals surface area (Å²) in [6, 6.07) is 5.12. The van der Waals surface area contributed by atoms with Gasteiger partial charge in [-0.05, 0) is 65.7 Å². The topological polar surface area (TPSA) is 88.1 Å². The lowest BCUT2D eigenvalue weighted by molar-refractivity contribution is -0.146. The monoisotopic (exact) mass is 516 g/mol. The number of amides is 1. The third-order valence-corrected chi connectivity index (χ3v) is 6.37. The number of ether oxygens (including phenoxy) is 5. The molecule has 0 radical (unpaired) electrons. The molecule has 37 heavy (non-hydrogen) atoms. The number of pyridine rings is 1. The molecule has 1 N–H and O–H groups in total. The zero-order chi connectivity index (χ0) is 26.8. The lowest BCUT2D eigenvalue weighted by Crippen LogP contribution is -2.51. The number of halogens is 1. The van der Waals surface area contributed by atoms with E-state index < -0.39 is 23.3 Å². The number of methoxy groups -OCH3 is 1. The normalized spacial score (nSPS) is 25.9. The van der Waals surface area contributed by atoms with Gasteiger partial charge >= 0.3 is 6.09 Å². The molecule has 2 aliphatic heterocycles. The molecule has 0 spiro atoms.